The van der Waals surface area contributed by atoms with E-state index >= 15 is 0 Å². The summed E-state index contributed by atoms with van der Waals surface area (Å²) >= 11 is 3.57. The summed E-state index contributed by atoms with van der Waals surface area (Å²) in [7, 11) is 0. The molecule has 0 aliphatic heterocycles. The largest absolute Gasteiger partial charge is 0.449 e. The van der Waals surface area contributed by atoms with Gasteiger partial charge in [0.15, 0.2) is 5.89 Å². The molecule has 0 spiro atoms. The summed E-state index contributed by atoms with van der Waals surface area (Å²) in [5.41, 5.74) is 9.02. The van der Waals surface area contributed by atoms with Crippen molar-refractivity contribution in [3.8, 4) is 0 Å². The molecule has 0 aliphatic rings. The summed E-state index contributed by atoms with van der Waals surface area (Å²) in [6.07, 6.45) is 2.30. The highest BCUT2D eigenvalue weighted by molar-refractivity contribution is 9.10. The zero-order valence-electron chi connectivity index (χ0n) is 10.8. The molecule has 2 rings (SSSR count). The molecule has 1 atom stereocenters. The Kier molecular flexibility index (Phi) is 3.87. The Morgan fingerprint density at radius 1 is 1.50 bits per heavy atom. The van der Waals surface area contributed by atoms with E-state index in [0.29, 0.717) is 12.3 Å². The Bertz CT molecular complexity index is 546. The molecule has 0 aliphatic carbocycles. The first-order chi connectivity index (χ1) is 8.52. The van der Waals surface area contributed by atoms with Crippen LogP contribution in [0, 0.1) is 13.8 Å². The van der Waals surface area contributed by atoms with E-state index in [2.05, 4.69) is 32.9 Å². The molecule has 0 amide bonds. The standard InChI is InChI=1S/C12H17BrN4O/c1-4-17-11(12(13)7(2)16-17)5-9(14)10-6-18-8(3)15-10/h6,9H,4-5,14H2,1-3H3. The van der Waals surface area contributed by atoms with Crippen LogP contribution in [0.25, 0.3) is 0 Å². The van der Waals surface area contributed by atoms with E-state index in [1.54, 1.807) is 6.26 Å². The van der Waals surface area contributed by atoms with Crippen LogP contribution >= 0.6 is 15.9 Å². The van der Waals surface area contributed by atoms with Crippen LogP contribution in [-0.4, -0.2) is 14.8 Å². The number of aromatic nitrogens is 3. The number of hydrogen-bond donors (Lipinski definition) is 1. The quantitative estimate of drug-likeness (QED) is 0.941. The van der Waals surface area contributed by atoms with Gasteiger partial charge in [0.25, 0.3) is 0 Å². The number of rotatable bonds is 4. The average molecular weight is 313 g/mol. The van der Waals surface area contributed by atoms with Crippen molar-refractivity contribution in [2.24, 2.45) is 5.73 Å². The van der Waals surface area contributed by atoms with Gasteiger partial charge in [0.05, 0.1) is 27.6 Å². The smallest absolute Gasteiger partial charge is 0.191 e. The minimum atomic E-state index is -0.180. The summed E-state index contributed by atoms with van der Waals surface area (Å²) in [6.45, 7) is 6.68. The topological polar surface area (TPSA) is 69.9 Å². The average Bonchev–Trinajstić information content (AvgIpc) is 2.88. The summed E-state index contributed by atoms with van der Waals surface area (Å²) < 4.78 is 8.18. The van der Waals surface area contributed by atoms with Crippen molar-refractivity contribution in [3.05, 3.63) is 33.7 Å². The highest BCUT2D eigenvalue weighted by Crippen LogP contribution is 2.25. The molecule has 2 aromatic heterocycles. The van der Waals surface area contributed by atoms with Gasteiger partial charge in [-0.2, -0.15) is 5.10 Å². The normalized spacial score (nSPS) is 12.9. The number of oxazole rings is 1. The van der Waals surface area contributed by atoms with Crippen LogP contribution in [0.1, 0.15) is 35.9 Å². The SMILES string of the molecule is CCn1nc(C)c(Br)c1CC(N)c1coc(C)n1. The first-order valence-electron chi connectivity index (χ1n) is 5.92. The highest BCUT2D eigenvalue weighted by atomic mass is 79.9. The summed E-state index contributed by atoms with van der Waals surface area (Å²) in [6, 6.07) is -0.180. The van der Waals surface area contributed by atoms with E-state index in [-0.39, 0.29) is 6.04 Å². The first kappa shape index (κ1) is 13.3. The number of nitrogens with two attached hydrogens (primary N) is 1. The van der Waals surface area contributed by atoms with Crippen molar-refractivity contribution in [2.75, 3.05) is 0 Å². The third-order valence-electron chi connectivity index (χ3n) is 2.88. The molecule has 0 fully saturated rings. The lowest BCUT2D eigenvalue weighted by Crippen LogP contribution is -2.16. The summed E-state index contributed by atoms with van der Waals surface area (Å²) in [5.74, 6) is 0.639. The molecule has 6 heteroatoms. The molecule has 18 heavy (non-hydrogen) atoms. The second-order valence-electron chi connectivity index (χ2n) is 4.26. The third-order valence-corrected chi connectivity index (χ3v) is 3.91. The van der Waals surface area contributed by atoms with Gasteiger partial charge in [-0.25, -0.2) is 4.98 Å². The van der Waals surface area contributed by atoms with E-state index in [0.717, 1.165) is 28.1 Å². The Morgan fingerprint density at radius 3 is 2.78 bits per heavy atom. The lowest BCUT2D eigenvalue weighted by atomic mass is 10.1. The van der Waals surface area contributed by atoms with Crippen molar-refractivity contribution in [1.29, 1.82) is 0 Å². The molecule has 2 N–H and O–H groups in total. The fourth-order valence-electron chi connectivity index (χ4n) is 1.93. The van der Waals surface area contributed by atoms with Crippen LogP contribution in [-0.2, 0) is 13.0 Å². The van der Waals surface area contributed by atoms with Crippen molar-refractivity contribution in [1.82, 2.24) is 14.8 Å². The maximum Gasteiger partial charge on any atom is 0.191 e. The van der Waals surface area contributed by atoms with E-state index in [4.69, 9.17) is 10.2 Å². The van der Waals surface area contributed by atoms with Gasteiger partial charge in [0.2, 0.25) is 0 Å². The Hall–Kier alpha value is -1.14. The van der Waals surface area contributed by atoms with Crippen LogP contribution in [0.2, 0.25) is 0 Å². The molecule has 5 nitrogen and oxygen atoms in total. The molecular formula is C12H17BrN4O. The van der Waals surface area contributed by atoms with Gasteiger partial charge in [0, 0.05) is 19.9 Å². The van der Waals surface area contributed by atoms with E-state index in [1.807, 2.05) is 18.5 Å². The van der Waals surface area contributed by atoms with Crippen LogP contribution < -0.4 is 5.73 Å². The maximum atomic E-state index is 6.16. The minimum Gasteiger partial charge on any atom is -0.449 e. The maximum absolute atomic E-state index is 6.16. The van der Waals surface area contributed by atoms with Gasteiger partial charge in [-0.3, -0.25) is 4.68 Å². The second-order valence-corrected chi connectivity index (χ2v) is 5.06. The molecule has 0 saturated heterocycles. The fourth-order valence-corrected chi connectivity index (χ4v) is 2.37. The van der Waals surface area contributed by atoms with Crippen LogP contribution in [0.5, 0.6) is 0 Å². The first-order valence-corrected chi connectivity index (χ1v) is 6.71. The molecule has 1 unspecified atom stereocenters. The second kappa shape index (κ2) is 5.24. The molecule has 0 bridgehead atoms. The van der Waals surface area contributed by atoms with Crippen molar-refractivity contribution in [2.45, 2.75) is 39.8 Å². The Labute approximate surface area is 115 Å². The molecule has 0 aromatic carbocycles. The minimum absolute atomic E-state index is 0.180. The lowest BCUT2D eigenvalue weighted by Gasteiger charge is -2.10. The van der Waals surface area contributed by atoms with Gasteiger partial charge < -0.3 is 10.2 Å². The van der Waals surface area contributed by atoms with Crippen molar-refractivity contribution in [3.63, 3.8) is 0 Å². The zero-order chi connectivity index (χ0) is 13.3. The molecule has 98 valence electrons. The molecule has 2 heterocycles. The predicted molar refractivity (Wildman–Crippen MR) is 72.2 cm³/mol. The molecule has 0 radical (unpaired) electrons. The van der Waals surface area contributed by atoms with Crippen LogP contribution in [0.4, 0.5) is 0 Å². The van der Waals surface area contributed by atoms with Gasteiger partial charge >= 0.3 is 0 Å². The van der Waals surface area contributed by atoms with Crippen LogP contribution in [0.3, 0.4) is 0 Å². The van der Waals surface area contributed by atoms with E-state index in [1.165, 1.54) is 0 Å². The highest BCUT2D eigenvalue weighted by Gasteiger charge is 2.18. The van der Waals surface area contributed by atoms with Gasteiger partial charge in [-0.1, -0.05) is 0 Å². The summed E-state index contributed by atoms with van der Waals surface area (Å²) in [4.78, 5) is 4.26. The molecule has 2 aromatic rings. The van der Waals surface area contributed by atoms with Gasteiger partial charge in [-0.15, -0.1) is 0 Å². The van der Waals surface area contributed by atoms with E-state index in [9.17, 15) is 0 Å². The van der Waals surface area contributed by atoms with Crippen molar-refractivity contribution >= 4 is 15.9 Å². The third kappa shape index (κ3) is 2.49. The van der Waals surface area contributed by atoms with Crippen LogP contribution in [0.15, 0.2) is 15.2 Å². The molecular weight excluding hydrogens is 296 g/mol. The lowest BCUT2D eigenvalue weighted by molar-refractivity contribution is 0.518. The Morgan fingerprint density at radius 2 is 2.22 bits per heavy atom. The fraction of sp³-hybridized carbons (Fsp3) is 0.500. The number of hydrogen-bond acceptors (Lipinski definition) is 4. The monoisotopic (exact) mass is 312 g/mol. The summed E-state index contributed by atoms with van der Waals surface area (Å²) in [5, 5.41) is 4.45. The van der Waals surface area contributed by atoms with E-state index < -0.39 is 0 Å². The number of halogens is 1. The zero-order valence-corrected chi connectivity index (χ0v) is 12.4. The van der Waals surface area contributed by atoms with Crippen molar-refractivity contribution < 1.29 is 4.42 Å². The Balaban J connectivity index is 2.23. The molecule has 0 saturated carbocycles. The number of aryl methyl sites for hydroxylation is 3. The van der Waals surface area contributed by atoms with Gasteiger partial charge in [0.1, 0.15) is 6.26 Å². The van der Waals surface area contributed by atoms with Gasteiger partial charge in [-0.05, 0) is 29.8 Å². The number of nitrogens with zero attached hydrogens (tertiary/aromatic N) is 3. The predicted octanol–water partition coefficient (Wildman–Crippen LogP) is 2.51.